The third kappa shape index (κ3) is 8.59. The lowest BCUT2D eigenvalue weighted by molar-refractivity contribution is -0.143. The van der Waals surface area contributed by atoms with E-state index in [9.17, 15) is 26.3 Å². The number of aromatic nitrogens is 4. The van der Waals surface area contributed by atoms with Crippen molar-refractivity contribution in [2.24, 2.45) is 13.0 Å². The van der Waals surface area contributed by atoms with Crippen molar-refractivity contribution in [3.05, 3.63) is 63.7 Å². The molecule has 1 N–H and O–H groups in total. The Bertz CT molecular complexity index is 1300. The number of nitrogens with one attached hydrogen (secondary N) is 1. The molecule has 0 bridgehead atoms. The number of halogens is 6. The number of ether oxygens (including phenoxy) is 1. The van der Waals surface area contributed by atoms with Gasteiger partial charge in [-0.15, -0.1) is 5.10 Å². The van der Waals surface area contributed by atoms with Crippen LogP contribution < -0.4 is 10.2 Å². The fourth-order valence-corrected chi connectivity index (χ4v) is 5.50. The SMILES string of the molecule is Cc1cc(C)c2c(c1)CCCCN2CC1CCOCC1.Cn1nnc(NCc2cc(C(F)(F)F)cc(C(F)(F)F)c2)n1. The second-order valence-corrected chi connectivity index (χ2v) is 10.9. The average Bonchev–Trinajstić information content (AvgIpc) is 3.23. The van der Waals surface area contributed by atoms with Gasteiger partial charge in [0.1, 0.15) is 0 Å². The van der Waals surface area contributed by atoms with Crippen molar-refractivity contribution in [1.29, 1.82) is 0 Å². The van der Waals surface area contributed by atoms with Gasteiger partial charge in [-0.25, -0.2) is 0 Å². The van der Waals surface area contributed by atoms with Crippen molar-refractivity contribution < 1.29 is 31.1 Å². The number of benzene rings is 2. The fourth-order valence-electron chi connectivity index (χ4n) is 5.50. The van der Waals surface area contributed by atoms with Crippen molar-refractivity contribution in [1.82, 2.24) is 20.2 Å². The second-order valence-electron chi connectivity index (χ2n) is 10.9. The first-order valence-electron chi connectivity index (χ1n) is 14.0. The monoisotopic (exact) mass is 598 g/mol. The van der Waals surface area contributed by atoms with E-state index in [-0.39, 0.29) is 24.1 Å². The fraction of sp³-hybridized carbons (Fsp3) is 0.552. The van der Waals surface area contributed by atoms with Gasteiger partial charge in [0.2, 0.25) is 0 Å². The summed E-state index contributed by atoms with van der Waals surface area (Å²) in [5, 5.41) is 13.2. The number of nitrogens with zero attached hydrogens (tertiary/aromatic N) is 5. The molecule has 0 saturated carbocycles. The summed E-state index contributed by atoms with van der Waals surface area (Å²) in [6.45, 7) is 8.57. The number of anilines is 2. The van der Waals surface area contributed by atoms with Gasteiger partial charge in [0.25, 0.3) is 5.95 Å². The smallest absolute Gasteiger partial charge is 0.381 e. The second kappa shape index (κ2) is 13.3. The highest BCUT2D eigenvalue weighted by atomic mass is 19.4. The van der Waals surface area contributed by atoms with E-state index in [4.69, 9.17) is 4.74 Å². The predicted molar refractivity (Wildman–Crippen MR) is 147 cm³/mol. The summed E-state index contributed by atoms with van der Waals surface area (Å²) in [6.07, 6.45) is -3.37. The molecule has 2 aromatic carbocycles. The summed E-state index contributed by atoms with van der Waals surface area (Å²) in [5.41, 5.74) is 3.06. The van der Waals surface area contributed by atoms with E-state index in [0.29, 0.717) is 12.1 Å². The van der Waals surface area contributed by atoms with Gasteiger partial charge in [0.15, 0.2) is 0 Å². The molecule has 1 aromatic heterocycles. The zero-order valence-corrected chi connectivity index (χ0v) is 23.9. The van der Waals surface area contributed by atoms with E-state index in [1.807, 2.05) is 0 Å². The molecule has 230 valence electrons. The Labute approximate surface area is 241 Å². The molecule has 3 heterocycles. The van der Waals surface area contributed by atoms with Crippen molar-refractivity contribution in [3.8, 4) is 0 Å². The first kappa shape index (κ1) is 31.6. The van der Waals surface area contributed by atoms with Crippen LogP contribution in [0.4, 0.5) is 38.0 Å². The van der Waals surface area contributed by atoms with Gasteiger partial charge in [-0.2, -0.15) is 31.1 Å². The summed E-state index contributed by atoms with van der Waals surface area (Å²) < 4.78 is 81.6. The molecule has 2 aliphatic heterocycles. The van der Waals surface area contributed by atoms with Crippen LogP contribution >= 0.6 is 0 Å². The Morgan fingerprint density at radius 3 is 2.19 bits per heavy atom. The molecule has 13 heteroatoms. The van der Waals surface area contributed by atoms with Crippen LogP contribution in [0, 0.1) is 19.8 Å². The third-order valence-electron chi connectivity index (χ3n) is 7.39. The van der Waals surface area contributed by atoms with Gasteiger partial charge >= 0.3 is 12.4 Å². The molecule has 1 fully saturated rings. The molecule has 0 amide bonds. The van der Waals surface area contributed by atoms with Crippen molar-refractivity contribution >= 4 is 11.6 Å². The molecule has 3 aromatic rings. The minimum atomic E-state index is -4.87. The van der Waals surface area contributed by atoms with Gasteiger partial charge < -0.3 is 15.0 Å². The Morgan fingerprint density at radius 2 is 1.60 bits per heavy atom. The molecule has 0 unspecified atom stereocenters. The maximum atomic E-state index is 12.7. The van der Waals surface area contributed by atoms with Crippen LogP contribution in [0.15, 0.2) is 30.3 Å². The number of hydrogen-bond acceptors (Lipinski definition) is 6. The summed E-state index contributed by atoms with van der Waals surface area (Å²) in [6, 6.07) is 6.10. The maximum Gasteiger partial charge on any atom is 0.416 e. The number of alkyl halides is 6. The first-order valence-corrected chi connectivity index (χ1v) is 14.0. The molecular formula is C29H36F6N6O. The minimum absolute atomic E-state index is 0.00605. The normalized spacial score (nSPS) is 16.4. The largest absolute Gasteiger partial charge is 0.416 e. The highest BCUT2D eigenvalue weighted by Gasteiger charge is 2.36. The van der Waals surface area contributed by atoms with Crippen LogP contribution in [0.5, 0.6) is 0 Å². The van der Waals surface area contributed by atoms with E-state index < -0.39 is 23.5 Å². The predicted octanol–water partition coefficient (Wildman–Crippen LogP) is 6.73. The number of rotatable bonds is 5. The van der Waals surface area contributed by atoms with E-state index in [2.05, 4.69) is 51.6 Å². The molecular weight excluding hydrogens is 562 g/mol. The Hall–Kier alpha value is -3.35. The topological polar surface area (TPSA) is 68.1 Å². The van der Waals surface area contributed by atoms with E-state index in [1.165, 1.54) is 63.4 Å². The van der Waals surface area contributed by atoms with E-state index in [0.717, 1.165) is 23.9 Å². The van der Waals surface area contributed by atoms with E-state index in [1.54, 1.807) is 11.3 Å². The van der Waals surface area contributed by atoms with Gasteiger partial charge in [-0.3, -0.25) is 0 Å². The zero-order chi connectivity index (χ0) is 30.5. The molecule has 42 heavy (non-hydrogen) atoms. The molecule has 5 rings (SSSR count). The molecule has 1 saturated heterocycles. The number of hydrogen-bond donors (Lipinski definition) is 1. The lowest BCUT2D eigenvalue weighted by atomic mass is 9.97. The van der Waals surface area contributed by atoms with Gasteiger partial charge in [-0.05, 0) is 92.0 Å². The molecule has 2 aliphatic rings. The molecule has 0 radical (unpaired) electrons. The first-order chi connectivity index (χ1) is 19.8. The number of tetrazole rings is 1. The van der Waals surface area contributed by atoms with Crippen LogP contribution in [-0.2, 0) is 37.1 Å². The summed E-state index contributed by atoms with van der Waals surface area (Å²) >= 11 is 0. The average molecular weight is 599 g/mol. The molecule has 0 spiro atoms. The standard InChI is InChI=1S/C18H27NO.C11H9F6N5/c1-14-11-15(2)18-17(12-14)5-3-4-8-19(18)13-16-6-9-20-10-7-16;1-22-20-9(19-21-22)18-5-6-2-7(10(12,13)14)4-8(3-6)11(15,16)17/h11-12,16H,3-10,13H2,1-2H3;2-4H,5H2,1H3,(H,18,20). The highest BCUT2D eigenvalue weighted by molar-refractivity contribution is 5.61. The Morgan fingerprint density at radius 1 is 0.929 bits per heavy atom. The van der Waals surface area contributed by atoms with Crippen LogP contribution in [0.2, 0.25) is 0 Å². The van der Waals surface area contributed by atoms with E-state index >= 15 is 0 Å². The molecule has 7 nitrogen and oxygen atoms in total. The van der Waals surface area contributed by atoms with Crippen molar-refractivity contribution in [2.75, 3.05) is 36.5 Å². The highest BCUT2D eigenvalue weighted by Crippen LogP contribution is 2.36. The Kier molecular flexibility index (Phi) is 10.0. The molecule has 0 aliphatic carbocycles. The Balaban J connectivity index is 0.000000193. The number of fused-ring (bicyclic) bond motifs is 1. The van der Waals surface area contributed by atoms with Gasteiger partial charge in [0.05, 0.1) is 18.2 Å². The number of aryl methyl sites for hydroxylation is 4. The van der Waals surface area contributed by atoms with Crippen LogP contribution in [-0.4, -0.2) is 46.5 Å². The summed E-state index contributed by atoms with van der Waals surface area (Å²) in [4.78, 5) is 3.77. The van der Waals surface area contributed by atoms with Crippen molar-refractivity contribution in [2.45, 2.75) is 64.8 Å². The van der Waals surface area contributed by atoms with Gasteiger partial charge in [-0.1, -0.05) is 22.8 Å². The summed E-state index contributed by atoms with van der Waals surface area (Å²) in [5.74, 6) is 0.809. The summed E-state index contributed by atoms with van der Waals surface area (Å²) in [7, 11) is 1.46. The van der Waals surface area contributed by atoms with Crippen LogP contribution in [0.25, 0.3) is 0 Å². The van der Waals surface area contributed by atoms with Crippen LogP contribution in [0.1, 0.15) is 59.1 Å². The van der Waals surface area contributed by atoms with Crippen molar-refractivity contribution in [3.63, 3.8) is 0 Å². The molecule has 0 atom stereocenters. The lowest BCUT2D eigenvalue weighted by Gasteiger charge is -2.32. The van der Waals surface area contributed by atoms with Crippen LogP contribution in [0.3, 0.4) is 0 Å². The maximum absolute atomic E-state index is 12.7. The minimum Gasteiger partial charge on any atom is -0.381 e. The quantitative estimate of drug-likeness (QED) is 0.329. The zero-order valence-electron chi connectivity index (χ0n) is 23.9. The lowest BCUT2D eigenvalue weighted by Crippen LogP contribution is -2.33. The third-order valence-corrected chi connectivity index (χ3v) is 7.39. The van der Waals surface area contributed by atoms with Gasteiger partial charge in [0, 0.05) is 38.5 Å².